The molecule has 0 amide bonds. The van der Waals surface area contributed by atoms with Crippen LogP contribution in [0.4, 0.5) is 0 Å². The van der Waals surface area contributed by atoms with Gasteiger partial charge in [0.05, 0.1) is 0 Å². The van der Waals surface area contributed by atoms with Crippen LogP contribution < -0.4 is 0 Å². The number of carbonyl (C=O) groups excluding carboxylic acids is 1. The van der Waals surface area contributed by atoms with Gasteiger partial charge in [-0.25, -0.2) is 0 Å². The topological polar surface area (TPSA) is 23.6 Å². The lowest BCUT2D eigenvalue weighted by Gasteiger charge is -2.27. The number of Topliss-reactive ketones (excluding diaryl/α,β-unsaturated/α-hetero) is 1. The maximum atomic E-state index is 11.1. The highest BCUT2D eigenvalue weighted by molar-refractivity contribution is 5.81. The van der Waals surface area contributed by atoms with Crippen LogP contribution in [0.25, 0.3) is 0 Å². The SMILES string of the molecule is CN(C)/C=C1\CC(=O)CCN1C. The number of likely N-dealkylation sites (tertiary alicyclic amines) is 1. The smallest absolute Gasteiger partial charge is 0.140 e. The maximum absolute atomic E-state index is 11.1. The van der Waals surface area contributed by atoms with E-state index in [9.17, 15) is 4.79 Å². The molecule has 1 fully saturated rings. The van der Waals surface area contributed by atoms with Crippen molar-refractivity contribution in [2.45, 2.75) is 12.8 Å². The van der Waals surface area contributed by atoms with E-state index in [-0.39, 0.29) is 0 Å². The van der Waals surface area contributed by atoms with Crippen molar-refractivity contribution in [3.05, 3.63) is 11.9 Å². The van der Waals surface area contributed by atoms with E-state index < -0.39 is 0 Å². The van der Waals surface area contributed by atoms with Crippen LogP contribution >= 0.6 is 0 Å². The van der Waals surface area contributed by atoms with Gasteiger partial charge in [0, 0.05) is 52.4 Å². The second-order valence-electron chi connectivity index (χ2n) is 3.47. The summed E-state index contributed by atoms with van der Waals surface area (Å²) >= 11 is 0. The quantitative estimate of drug-likeness (QED) is 0.575. The highest BCUT2D eigenvalue weighted by atomic mass is 16.1. The van der Waals surface area contributed by atoms with Gasteiger partial charge >= 0.3 is 0 Å². The fourth-order valence-electron chi connectivity index (χ4n) is 1.30. The van der Waals surface area contributed by atoms with Gasteiger partial charge < -0.3 is 9.80 Å². The van der Waals surface area contributed by atoms with Crippen molar-refractivity contribution in [3.63, 3.8) is 0 Å². The summed E-state index contributed by atoms with van der Waals surface area (Å²) in [5, 5.41) is 0. The van der Waals surface area contributed by atoms with Crippen LogP contribution in [0.1, 0.15) is 12.8 Å². The highest BCUT2D eigenvalue weighted by Gasteiger charge is 2.17. The maximum Gasteiger partial charge on any atom is 0.140 e. The Morgan fingerprint density at radius 1 is 1.50 bits per heavy atom. The Morgan fingerprint density at radius 3 is 2.75 bits per heavy atom. The molecule has 1 saturated heterocycles. The minimum absolute atomic E-state index is 0.348. The molecule has 3 heteroatoms. The normalized spacial score (nSPS) is 21.8. The average Bonchev–Trinajstić information content (AvgIpc) is 1.96. The fourth-order valence-corrected chi connectivity index (χ4v) is 1.30. The van der Waals surface area contributed by atoms with Crippen LogP contribution in [-0.2, 0) is 4.79 Å². The molecule has 1 rings (SSSR count). The molecule has 1 aliphatic heterocycles. The van der Waals surface area contributed by atoms with Crippen LogP contribution in [-0.4, -0.2) is 43.3 Å². The third kappa shape index (κ3) is 2.26. The molecule has 0 atom stereocenters. The van der Waals surface area contributed by atoms with Gasteiger partial charge in [-0.2, -0.15) is 0 Å². The number of nitrogens with zero attached hydrogens (tertiary/aromatic N) is 2. The Bertz CT molecular complexity index is 209. The Morgan fingerprint density at radius 2 is 2.17 bits per heavy atom. The molecule has 1 heterocycles. The molecule has 0 aromatic heterocycles. The summed E-state index contributed by atoms with van der Waals surface area (Å²) < 4.78 is 0. The Hall–Kier alpha value is -0.990. The lowest BCUT2D eigenvalue weighted by atomic mass is 10.1. The van der Waals surface area contributed by atoms with Crippen LogP contribution in [0.2, 0.25) is 0 Å². The number of rotatable bonds is 1. The molecule has 0 aliphatic carbocycles. The Labute approximate surface area is 73.6 Å². The van der Waals surface area contributed by atoms with Gasteiger partial charge in [0.15, 0.2) is 0 Å². The van der Waals surface area contributed by atoms with Crippen molar-refractivity contribution < 1.29 is 4.79 Å². The van der Waals surface area contributed by atoms with Crippen LogP contribution in [0.3, 0.4) is 0 Å². The van der Waals surface area contributed by atoms with Gasteiger partial charge in [-0.1, -0.05) is 0 Å². The number of allylic oxidation sites excluding steroid dienone is 1. The first-order chi connectivity index (χ1) is 5.59. The van der Waals surface area contributed by atoms with Gasteiger partial charge in [0.25, 0.3) is 0 Å². The first kappa shape index (κ1) is 9.10. The van der Waals surface area contributed by atoms with Gasteiger partial charge in [-0.3, -0.25) is 4.79 Å². The largest absolute Gasteiger partial charge is 0.382 e. The van der Waals surface area contributed by atoms with E-state index in [4.69, 9.17) is 0 Å². The molecule has 0 aromatic carbocycles. The van der Waals surface area contributed by atoms with E-state index in [1.54, 1.807) is 0 Å². The number of carbonyl (C=O) groups is 1. The molecule has 0 aromatic rings. The zero-order chi connectivity index (χ0) is 9.14. The van der Waals surface area contributed by atoms with E-state index in [0.717, 1.165) is 12.2 Å². The summed E-state index contributed by atoms with van der Waals surface area (Å²) in [5.41, 5.74) is 1.12. The van der Waals surface area contributed by atoms with Crippen molar-refractivity contribution in [2.75, 3.05) is 27.7 Å². The minimum Gasteiger partial charge on any atom is -0.382 e. The van der Waals surface area contributed by atoms with Crippen LogP contribution in [0, 0.1) is 0 Å². The summed E-state index contributed by atoms with van der Waals surface area (Å²) in [6.07, 6.45) is 3.30. The van der Waals surface area contributed by atoms with E-state index in [1.807, 2.05) is 32.2 Å². The van der Waals surface area contributed by atoms with Gasteiger partial charge in [-0.15, -0.1) is 0 Å². The summed E-state index contributed by atoms with van der Waals surface area (Å²) in [5.74, 6) is 0.348. The monoisotopic (exact) mass is 168 g/mol. The molecule has 0 unspecified atom stereocenters. The zero-order valence-electron chi connectivity index (χ0n) is 8.00. The molecule has 0 saturated carbocycles. The lowest BCUT2D eigenvalue weighted by Crippen LogP contribution is -2.29. The summed E-state index contributed by atoms with van der Waals surface area (Å²) in [6, 6.07) is 0. The van der Waals surface area contributed by atoms with E-state index in [1.165, 1.54) is 0 Å². The summed E-state index contributed by atoms with van der Waals surface area (Å²) in [6.45, 7) is 0.860. The number of ketones is 1. The molecule has 0 N–H and O–H groups in total. The molecule has 12 heavy (non-hydrogen) atoms. The molecule has 68 valence electrons. The lowest BCUT2D eigenvalue weighted by molar-refractivity contribution is -0.120. The van der Waals surface area contributed by atoms with E-state index in [2.05, 4.69) is 4.90 Å². The summed E-state index contributed by atoms with van der Waals surface area (Å²) in [4.78, 5) is 15.2. The van der Waals surface area contributed by atoms with Gasteiger partial charge in [-0.05, 0) is 0 Å². The van der Waals surface area contributed by atoms with Gasteiger partial charge in [0.1, 0.15) is 5.78 Å². The Balaban J connectivity index is 2.66. The predicted molar refractivity (Wildman–Crippen MR) is 48.6 cm³/mol. The highest BCUT2D eigenvalue weighted by Crippen LogP contribution is 2.15. The first-order valence-electron chi connectivity index (χ1n) is 4.19. The first-order valence-corrected chi connectivity index (χ1v) is 4.19. The van der Waals surface area contributed by atoms with E-state index >= 15 is 0 Å². The van der Waals surface area contributed by atoms with Crippen molar-refractivity contribution in [3.8, 4) is 0 Å². The second-order valence-corrected chi connectivity index (χ2v) is 3.47. The predicted octanol–water partition coefficient (Wildman–Crippen LogP) is 0.684. The minimum atomic E-state index is 0.348. The molecule has 1 aliphatic rings. The van der Waals surface area contributed by atoms with Crippen LogP contribution in [0.15, 0.2) is 11.9 Å². The molecule has 0 spiro atoms. The zero-order valence-corrected chi connectivity index (χ0v) is 8.00. The molecular formula is C9H16N2O. The van der Waals surface area contributed by atoms with Crippen molar-refractivity contribution >= 4 is 5.78 Å². The second kappa shape index (κ2) is 3.61. The standard InChI is InChI=1S/C9H16N2O/c1-10(2)7-8-6-9(12)4-5-11(8)3/h7H,4-6H2,1-3H3/b8-7+. The van der Waals surface area contributed by atoms with Crippen molar-refractivity contribution in [1.29, 1.82) is 0 Å². The molecule has 0 bridgehead atoms. The molecule has 0 radical (unpaired) electrons. The van der Waals surface area contributed by atoms with E-state index in [0.29, 0.717) is 18.6 Å². The third-order valence-corrected chi connectivity index (χ3v) is 2.00. The van der Waals surface area contributed by atoms with Crippen molar-refractivity contribution in [1.82, 2.24) is 9.80 Å². The number of hydrogen-bond donors (Lipinski definition) is 0. The summed E-state index contributed by atoms with van der Waals surface area (Å²) in [7, 11) is 5.97. The molecular weight excluding hydrogens is 152 g/mol. The fraction of sp³-hybridized carbons (Fsp3) is 0.667. The Kier molecular flexibility index (Phi) is 2.74. The number of piperidine rings is 1. The van der Waals surface area contributed by atoms with Crippen LogP contribution in [0.5, 0.6) is 0 Å². The van der Waals surface area contributed by atoms with Gasteiger partial charge in [0.2, 0.25) is 0 Å². The number of hydrogen-bond acceptors (Lipinski definition) is 3. The average molecular weight is 168 g/mol. The van der Waals surface area contributed by atoms with Crippen molar-refractivity contribution in [2.24, 2.45) is 0 Å². The molecule has 3 nitrogen and oxygen atoms in total. The third-order valence-electron chi connectivity index (χ3n) is 2.00.